The average molecular weight is 353 g/mol. The number of nitrogens with one attached hydrogen (secondary N) is 1. The first-order valence-electron chi connectivity index (χ1n) is 8.76. The fourth-order valence-electron chi connectivity index (χ4n) is 3.30. The number of phenols is 1. The molecule has 2 aromatic carbocycles. The molecule has 1 atom stereocenters. The first-order valence-corrected chi connectivity index (χ1v) is 8.76. The van der Waals surface area contributed by atoms with Crippen LogP contribution >= 0.6 is 0 Å². The van der Waals surface area contributed by atoms with E-state index in [1.807, 2.05) is 6.07 Å². The van der Waals surface area contributed by atoms with Gasteiger partial charge in [-0.05, 0) is 68.7 Å². The lowest BCUT2D eigenvalue weighted by Crippen LogP contribution is -2.38. The number of anilines is 2. The molecule has 4 N–H and O–H groups in total. The van der Waals surface area contributed by atoms with E-state index >= 15 is 0 Å². The van der Waals surface area contributed by atoms with Crippen molar-refractivity contribution in [2.45, 2.75) is 32.2 Å². The van der Waals surface area contributed by atoms with Crippen LogP contribution < -0.4 is 16.0 Å². The summed E-state index contributed by atoms with van der Waals surface area (Å²) in [5.74, 6) is -0.749. The number of piperidine rings is 1. The number of carbonyl (C=O) groups excluding carboxylic acids is 2. The summed E-state index contributed by atoms with van der Waals surface area (Å²) in [7, 11) is 0. The number of nitrogens with two attached hydrogens (primary N) is 1. The van der Waals surface area contributed by atoms with Crippen molar-refractivity contribution in [1.29, 1.82) is 0 Å². The molecule has 0 unspecified atom stereocenters. The Balaban J connectivity index is 1.94. The normalized spacial score (nSPS) is 17.0. The summed E-state index contributed by atoms with van der Waals surface area (Å²) in [4.78, 5) is 26.4. The lowest BCUT2D eigenvalue weighted by Gasteiger charge is -2.36. The fourth-order valence-corrected chi connectivity index (χ4v) is 3.30. The number of aromatic hydroxyl groups is 1. The summed E-state index contributed by atoms with van der Waals surface area (Å²) in [6.07, 6.45) is 3.36. The van der Waals surface area contributed by atoms with Crippen LogP contribution in [-0.4, -0.2) is 29.5 Å². The number of rotatable bonds is 4. The fraction of sp³-hybridized carbons (Fsp3) is 0.300. The summed E-state index contributed by atoms with van der Waals surface area (Å²) < 4.78 is 0. The molecule has 3 rings (SSSR count). The van der Waals surface area contributed by atoms with E-state index in [2.05, 4.69) is 17.1 Å². The summed E-state index contributed by atoms with van der Waals surface area (Å²) in [6.45, 7) is 3.06. The number of benzene rings is 2. The maximum atomic E-state index is 12.6. The highest BCUT2D eigenvalue weighted by Gasteiger charge is 2.22. The van der Waals surface area contributed by atoms with E-state index in [4.69, 9.17) is 5.73 Å². The second-order valence-electron chi connectivity index (χ2n) is 6.64. The minimum Gasteiger partial charge on any atom is -0.508 e. The zero-order chi connectivity index (χ0) is 18.7. The monoisotopic (exact) mass is 353 g/mol. The minimum atomic E-state index is -0.539. The molecule has 0 aliphatic carbocycles. The highest BCUT2D eigenvalue weighted by atomic mass is 16.3. The number of carbonyl (C=O) groups is 2. The Morgan fingerprint density at radius 2 is 1.81 bits per heavy atom. The predicted octanol–water partition coefficient (Wildman–Crippen LogP) is 3.12. The first kappa shape index (κ1) is 17.8. The van der Waals surface area contributed by atoms with E-state index in [0.29, 0.717) is 22.9 Å². The van der Waals surface area contributed by atoms with Gasteiger partial charge in [0.05, 0.1) is 11.4 Å². The molecule has 2 aromatic rings. The molecule has 2 amide bonds. The van der Waals surface area contributed by atoms with Crippen LogP contribution in [0.15, 0.2) is 42.5 Å². The van der Waals surface area contributed by atoms with E-state index in [1.54, 1.807) is 24.3 Å². The van der Waals surface area contributed by atoms with Crippen LogP contribution in [0.1, 0.15) is 46.9 Å². The first-order chi connectivity index (χ1) is 12.5. The molecule has 0 aromatic heterocycles. The van der Waals surface area contributed by atoms with Crippen LogP contribution in [0, 0.1) is 0 Å². The molecule has 0 radical (unpaired) electrons. The average Bonchev–Trinajstić information content (AvgIpc) is 2.63. The van der Waals surface area contributed by atoms with Crippen molar-refractivity contribution >= 4 is 23.2 Å². The second kappa shape index (κ2) is 7.47. The molecule has 1 heterocycles. The van der Waals surface area contributed by atoms with E-state index in [1.165, 1.54) is 18.6 Å². The molecule has 1 aliphatic heterocycles. The Morgan fingerprint density at radius 3 is 2.46 bits per heavy atom. The summed E-state index contributed by atoms with van der Waals surface area (Å²) in [5.41, 5.74) is 7.62. The number of nitrogens with zero attached hydrogens (tertiary/aromatic N) is 1. The number of primary amides is 1. The van der Waals surface area contributed by atoms with E-state index < -0.39 is 5.91 Å². The molecule has 136 valence electrons. The molecular weight excluding hydrogens is 330 g/mol. The van der Waals surface area contributed by atoms with Gasteiger partial charge in [0.1, 0.15) is 5.75 Å². The highest BCUT2D eigenvalue weighted by molar-refractivity contribution is 6.07. The quantitative estimate of drug-likeness (QED) is 0.787. The van der Waals surface area contributed by atoms with Crippen molar-refractivity contribution in [3.05, 3.63) is 53.6 Å². The zero-order valence-corrected chi connectivity index (χ0v) is 14.7. The molecular formula is C20H23N3O3. The standard InChI is InChI=1S/C20H23N3O3/c1-13-4-2-3-11-23(13)18-10-7-15(19(21)25)12-17(18)22-20(26)14-5-8-16(24)9-6-14/h5-10,12-13,24H,2-4,11H2,1H3,(H2,21,25)(H,22,26)/t13-/m1/s1. The zero-order valence-electron chi connectivity index (χ0n) is 14.7. The largest absolute Gasteiger partial charge is 0.508 e. The molecule has 1 fully saturated rings. The van der Waals surface area contributed by atoms with Crippen LogP contribution in [-0.2, 0) is 0 Å². The Labute approximate surface area is 152 Å². The Kier molecular flexibility index (Phi) is 5.11. The highest BCUT2D eigenvalue weighted by Crippen LogP contribution is 2.32. The summed E-state index contributed by atoms with van der Waals surface area (Å²) in [6, 6.07) is 11.5. The van der Waals surface area contributed by atoms with Gasteiger partial charge in [0.2, 0.25) is 5.91 Å². The van der Waals surface area contributed by atoms with E-state index in [-0.39, 0.29) is 11.7 Å². The van der Waals surface area contributed by atoms with Crippen molar-refractivity contribution in [1.82, 2.24) is 0 Å². The number of hydrogen-bond acceptors (Lipinski definition) is 4. The van der Waals surface area contributed by atoms with Crippen molar-refractivity contribution in [3.63, 3.8) is 0 Å². The van der Waals surface area contributed by atoms with Crippen LogP contribution in [0.25, 0.3) is 0 Å². The smallest absolute Gasteiger partial charge is 0.255 e. The topological polar surface area (TPSA) is 95.7 Å². The molecule has 1 aliphatic rings. The van der Waals surface area contributed by atoms with Gasteiger partial charge in [-0.2, -0.15) is 0 Å². The van der Waals surface area contributed by atoms with Gasteiger partial charge in [-0.3, -0.25) is 9.59 Å². The third-order valence-corrected chi connectivity index (χ3v) is 4.77. The van der Waals surface area contributed by atoms with Crippen LogP contribution in [0.4, 0.5) is 11.4 Å². The van der Waals surface area contributed by atoms with Crippen molar-refractivity contribution in [3.8, 4) is 5.75 Å². The van der Waals surface area contributed by atoms with Crippen molar-refractivity contribution < 1.29 is 14.7 Å². The van der Waals surface area contributed by atoms with Crippen molar-refractivity contribution in [2.75, 3.05) is 16.8 Å². The predicted molar refractivity (Wildman–Crippen MR) is 102 cm³/mol. The van der Waals surface area contributed by atoms with Gasteiger partial charge in [0.25, 0.3) is 5.91 Å². The third-order valence-electron chi connectivity index (χ3n) is 4.77. The molecule has 1 saturated heterocycles. The van der Waals surface area contributed by atoms with Gasteiger partial charge in [-0.15, -0.1) is 0 Å². The number of hydrogen-bond donors (Lipinski definition) is 3. The molecule has 0 bridgehead atoms. The number of amides is 2. The van der Waals surface area contributed by atoms with Gasteiger partial charge < -0.3 is 21.1 Å². The molecule has 6 heteroatoms. The molecule has 6 nitrogen and oxygen atoms in total. The maximum Gasteiger partial charge on any atom is 0.255 e. The Hall–Kier alpha value is -3.02. The van der Waals surface area contributed by atoms with E-state index in [0.717, 1.165) is 25.1 Å². The Morgan fingerprint density at radius 1 is 1.12 bits per heavy atom. The van der Waals surface area contributed by atoms with Gasteiger partial charge in [0.15, 0.2) is 0 Å². The minimum absolute atomic E-state index is 0.0973. The van der Waals surface area contributed by atoms with Gasteiger partial charge in [0, 0.05) is 23.7 Å². The molecule has 0 saturated carbocycles. The SMILES string of the molecule is C[C@@H]1CCCCN1c1ccc(C(N)=O)cc1NC(=O)c1ccc(O)cc1. The van der Waals surface area contributed by atoms with Crippen LogP contribution in [0.3, 0.4) is 0 Å². The van der Waals surface area contributed by atoms with E-state index in [9.17, 15) is 14.7 Å². The second-order valence-corrected chi connectivity index (χ2v) is 6.64. The van der Waals surface area contributed by atoms with Crippen LogP contribution in [0.2, 0.25) is 0 Å². The molecule has 0 spiro atoms. The summed E-state index contributed by atoms with van der Waals surface area (Å²) >= 11 is 0. The Bertz CT molecular complexity index is 818. The lowest BCUT2D eigenvalue weighted by atomic mass is 10.0. The van der Waals surface area contributed by atoms with Crippen molar-refractivity contribution in [2.24, 2.45) is 5.73 Å². The van der Waals surface area contributed by atoms with Gasteiger partial charge in [-0.1, -0.05) is 0 Å². The lowest BCUT2D eigenvalue weighted by molar-refractivity contribution is 0.0996. The molecule has 26 heavy (non-hydrogen) atoms. The summed E-state index contributed by atoms with van der Waals surface area (Å²) in [5, 5.41) is 12.3. The van der Waals surface area contributed by atoms with Crippen LogP contribution in [0.5, 0.6) is 5.75 Å². The van der Waals surface area contributed by atoms with Gasteiger partial charge >= 0.3 is 0 Å². The third kappa shape index (κ3) is 3.79. The number of phenolic OH excluding ortho intramolecular Hbond substituents is 1. The maximum absolute atomic E-state index is 12.6. The van der Waals surface area contributed by atoms with Gasteiger partial charge in [-0.25, -0.2) is 0 Å².